The Hall–Kier alpha value is -1.51. The zero-order valence-electron chi connectivity index (χ0n) is 15.3. The van der Waals surface area contributed by atoms with Crippen molar-refractivity contribution in [2.75, 3.05) is 38.2 Å². The highest BCUT2D eigenvalue weighted by molar-refractivity contribution is 7.91. The number of nitrogens with zero attached hydrogens (tertiary/aromatic N) is 2. The second kappa shape index (κ2) is 8.55. The lowest BCUT2D eigenvalue weighted by Gasteiger charge is -2.23. The summed E-state index contributed by atoms with van der Waals surface area (Å²) in [5.74, 6) is 0.865. The van der Waals surface area contributed by atoms with Crippen molar-refractivity contribution in [3.8, 4) is 0 Å². The van der Waals surface area contributed by atoms with E-state index < -0.39 is 21.5 Å². The molecule has 1 amide bonds. The lowest BCUT2D eigenvalue weighted by atomic mass is 10.2. The molecule has 1 heterocycles. The van der Waals surface area contributed by atoms with Crippen LogP contribution in [-0.2, 0) is 14.6 Å². The molecule has 0 aromatic rings. The summed E-state index contributed by atoms with van der Waals surface area (Å²) in [5, 5.41) is 5.92. The van der Waals surface area contributed by atoms with Gasteiger partial charge in [-0.25, -0.2) is 13.2 Å². The molecule has 0 bridgehead atoms. The molecule has 0 aliphatic carbocycles. The van der Waals surface area contributed by atoms with Gasteiger partial charge in [0.15, 0.2) is 15.8 Å². The number of aliphatic imine (C=N–C) groups is 1. The van der Waals surface area contributed by atoms with Crippen molar-refractivity contribution in [1.82, 2.24) is 15.5 Å². The third-order valence-corrected chi connectivity index (χ3v) is 5.26. The minimum Gasteiger partial charge on any atom is -0.444 e. The van der Waals surface area contributed by atoms with E-state index in [9.17, 15) is 13.2 Å². The van der Waals surface area contributed by atoms with Gasteiger partial charge in [0.1, 0.15) is 5.60 Å². The molecule has 9 heteroatoms. The Morgan fingerprint density at radius 3 is 2.58 bits per heavy atom. The van der Waals surface area contributed by atoms with Gasteiger partial charge in [0, 0.05) is 32.4 Å². The molecule has 24 heavy (non-hydrogen) atoms. The molecule has 1 aliphatic rings. The number of carbonyl (C=O) groups excluding carboxylic acids is 1. The Morgan fingerprint density at radius 1 is 1.38 bits per heavy atom. The smallest absolute Gasteiger partial charge is 0.407 e. The zero-order valence-corrected chi connectivity index (χ0v) is 16.1. The Kier molecular flexibility index (Phi) is 7.31. The largest absolute Gasteiger partial charge is 0.444 e. The minimum atomic E-state index is -3.00. The molecule has 1 atom stereocenters. The second-order valence-electron chi connectivity index (χ2n) is 6.79. The van der Waals surface area contributed by atoms with E-state index >= 15 is 0 Å². The highest BCUT2D eigenvalue weighted by atomic mass is 32.2. The summed E-state index contributed by atoms with van der Waals surface area (Å²) >= 11 is 0. The number of ether oxygens (including phenoxy) is 1. The minimum absolute atomic E-state index is 0.0159. The number of guanidine groups is 1. The Balaban J connectivity index is 2.44. The van der Waals surface area contributed by atoms with E-state index in [-0.39, 0.29) is 17.5 Å². The number of hydrogen-bond acceptors (Lipinski definition) is 5. The molecule has 0 radical (unpaired) electrons. The van der Waals surface area contributed by atoms with E-state index in [0.717, 1.165) is 13.0 Å². The highest BCUT2D eigenvalue weighted by Gasteiger charge is 2.27. The number of nitrogens with one attached hydrogen (secondary N) is 2. The normalized spacial score (nSPS) is 19.3. The average Bonchev–Trinajstić information content (AvgIpc) is 2.89. The molecule has 0 spiro atoms. The molecule has 8 nitrogen and oxygen atoms in total. The summed E-state index contributed by atoms with van der Waals surface area (Å²) < 4.78 is 28.3. The van der Waals surface area contributed by atoms with Crippen LogP contribution in [0.1, 0.15) is 34.1 Å². The topological polar surface area (TPSA) is 100 Å². The fourth-order valence-electron chi connectivity index (χ4n) is 2.34. The fourth-order valence-corrected chi connectivity index (χ4v) is 3.04. The summed E-state index contributed by atoms with van der Waals surface area (Å²) in [7, 11) is -1.34. The van der Waals surface area contributed by atoms with E-state index in [0.29, 0.717) is 19.0 Å². The van der Waals surface area contributed by atoms with Gasteiger partial charge >= 0.3 is 6.09 Å². The highest BCUT2D eigenvalue weighted by Crippen LogP contribution is 2.11. The number of hydrogen-bond donors (Lipinski definition) is 2. The van der Waals surface area contributed by atoms with Gasteiger partial charge in [-0.15, -0.1) is 0 Å². The molecule has 2 N–H and O–H groups in total. The van der Waals surface area contributed by atoms with E-state index in [2.05, 4.69) is 15.6 Å². The van der Waals surface area contributed by atoms with Crippen molar-refractivity contribution in [2.45, 2.75) is 45.8 Å². The Bertz CT molecular complexity index is 554. The number of sulfone groups is 1. The van der Waals surface area contributed by atoms with Crippen LogP contribution in [0.3, 0.4) is 0 Å². The number of carbonyl (C=O) groups is 1. The van der Waals surface area contributed by atoms with Gasteiger partial charge in [-0.1, -0.05) is 6.92 Å². The summed E-state index contributed by atoms with van der Waals surface area (Å²) in [6, 6.07) is -0.0159. The van der Waals surface area contributed by atoms with Crippen molar-refractivity contribution >= 4 is 21.9 Å². The SMILES string of the molecule is CCS(=O)(=O)CCNC(=NC)N1CCC(NC(=O)OC(C)(C)C)C1. The standard InChI is InChI=1S/C15H30N4O4S/c1-6-24(21,22)10-8-17-13(16-5)19-9-7-12(11-19)18-14(20)23-15(2,3)4/h12H,6-11H2,1-5H3,(H,16,17)(H,18,20). The van der Waals surface area contributed by atoms with Gasteiger partial charge in [-0.2, -0.15) is 0 Å². The maximum absolute atomic E-state index is 11.8. The first-order chi connectivity index (χ1) is 11.1. The Morgan fingerprint density at radius 2 is 2.04 bits per heavy atom. The van der Waals surface area contributed by atoms with E-state index in [4.69, 9.17) is 4.74 Å². The first-order valence-electron chi connectivity index (χ1n) is 8.22. The molecule has 1 fully saturated rings. The predicted octanol–water partition coefficient (Wildman–Crippen LogP) is 0.596. The molecule has 0 aromatic carbocycles. The second-order valence-corrected chi connectivity index (χ2v) is 9.26. The van der Waals surface area contributed by atoms with Crippen molar-refractivity contribution in [2.24, 2.45) is 4.99 Å². The van der Waals surface area contributed by atoms with E-state index in [1.54, 1.807) is 14.0 Å². The van der Waals surface area contributed by atoms with Gasteiger partial charge in [-0.3, -0.25) is 4.99 Å². The lowest BCUT2D eigenvalue weighted by Crippen LogP contribution is -2.45. The lowest BCUT2D eigenvalue weighted by molar-refractivity contribution is 0.0507. The van der Waals surface area contributed by atoms with Gasteiger partial charge in [-0.05, 0) is 27.2 Å². The van der Waals surface area contributed by atoms with Crippen molar-refractivity contribution < 1.29 is 17.9 Å². The monoisotopic (exact) mass is 362 g/mol. The van der Waals surface area contributed by atoms with Crippen LogP contribution in [0.5, 0.6) is 0 Å². The van der Waals surface area contributed by atoms with Crippen molar-refractivity contribution in [3.63, 3.8) is 0 Å². The van der Waals surface area contributed by atoms with Crippen LogP contribution in [0.4, 0.5) is 4.79 Å². The summed E-state index contributed by atoms with van der Waals surface area (Å²) in [4.78, 5) is 18.0. The van der Waals surface area contributed by atoms with Crippen LogP contribution in [0, 0.1) is 0 Å². The van der Waals surface area contributed by atoms with Crippen LogP contribution < -0.4 is 10.6 Å². The van der Waals surface area contributed by atoms with Crippen LogP contribution >= 0.6 is 0 Å². The number of rotatable bonds is 5. The van der Waals surface area contributed by atoms with Crippen LogP contribution in [0.25, 0.3) is 0 Å². The fraction of sp³-hybridized carbons (Fsp3) is 0.867. The first-order valence-corrected chi connectivity index (χ1v) is 10.0. The van der Waals surface area contributed by atoms with Gasteiger partial charge in [0.05, 0.1) is 11.8 Å². The summed E-state index contributed by atoms with van der Waals surface area (Å²) in [5.41, 5.74) is -0.523. The predicted molar refractivity (Wildman–Crippen MR) is 95.0 cm³/mol. The van der Waals surface area contributed by atoms with Crippen LogP contribution in [-0.4, -0.2) is 75.2 Å². The summed E-state index contributed by atoms with van der Waals surface area (Å²) in [6.45, 7) is 8.78. The third-order valence-electron chi connectivity index (χ3n) is 3.56. The first kappa shape index (κ1) is 20.5. The van der Waals surface area contributed by atoms with Crippen LogP contribution in [0.15, 0.2) is 4.99 Å². The van der Waals surface area contributed by atoms with E-state index in [1.165, 1.54) is 0 Å². The molecular weight excluding hydrogens is 332 g/mol. The third kappa shape index (κ3) is 7.37. The maximum atomic E-state index is 11.8. The molecule has 1 saturated heterocycles. The Labute approximate surface area is 144 Å². The molecule has 1 rings (SSSR count). The average molecular weight is 362 g/mol. The van der Waals surface area contributed by atoms with E-state index in [1.807, 2.05) is 25.7 Å². The quantitative estimate of drug-likeness (QED) is 0.549. The maximum Gasteiger partial charge on any atom is 0.407 e. The van der Waals surface area contributed by atoms with Crippen molar-refractivity contribution in [1.29, 1.82) is 0 Å². The number of likely N-dealkylation sites (tertiary alicyclic amines) is 1. The van der Waals surface area contributed by atoms with Gasteiger partial charge < -0.3 is 20.3 Å². The molecule has 1 aliphatic heterocycles. The number of alkyl carbamates (subject to hydrolysis) is 1. The number of amides is 1. The summed E-state index contributed by atoms with van der Waals surface area (Å²) in [6.07, 6.45) is 0.360. The van der Waals surface area contributed by atoms with Crippen molar-refractivity contribution in [3.05, 3.63) is 0 Å². The zero-order chi connectivity index (χ0) is 18.4. The molecule has 0 saturated carbocycles. The van der Waals surface area contributed by atoms with Gasteiger partial charge in [0.25, 0.3) is 0 Å². The van der Waals surface area contributed by atoms with Gasteiger partial charge in [0.2, 0.25) is 0 Å². The molecule has 140 valence electrons. The molecule has 0 aromatic heterocycles. The van der Waals surface area contributed by atoms with Crippen LogP contribution in [0.2, 0.25) is 0 Å². The molecular formula is C15H30N4O4S. The molecule has 1 unspecified atom stereocenters.